The van der Waals surface area contributed by atoms with Crippen molar-refractivity contribution in [2.45, 2.75) is 50.5 Å². The topological polar surface area (TPSA) is 35.6 Å². The van der Waals surface area contributed by atoms with Gasteiger partial charge in [-0.25, -0.2) is 8.78 Å². The molecule has 0 aromatic heterocycles. The number of anilines is 1. The van der Waals surface area contributed by atoms with E-state index < -0.39 is 11.6 Å². The molecule has 3 aliphatic rings. The molecular formula is C27H33F2N3O. The Morgan fingerprint density at radius 2 is 1.79 bits per heavy atom. The Labute approximate surface area is 195 Å². The van der Waals surface area contributed by atoms with E-state index in [1.165, 1.54) is 23.4 Å². The van der Waals surface area contributed by atoms with Crippen LogP contribution in [0.2, 0.25) is 0 Å². The normalized spacial score (nSPS) is 24.7. The fourth-order valence-corrected chi connectivity index (χ4v) is 6.01. The second-order valence-corrected chi connectivity index (χ2v) is 11.0. The molecule has 3 heterocycles. The average Bonchev–Trinajstić information content (AvgIpc) is 3.37. The molecule has 0 bridgehead atoms. The van der Waals surface area contributed by atoms with Crippen LogP contribution in [0.15, 0.2) is 42.5 Å². The predicted molar refractivity (Wildman–Crippen MR) is 126 cm³/mol. The molecule has 0 aliphatic carbocycles. The van der Waals surface area contributed by atoms with E-state index in [2.05, 4.69) is 55.3 Å². The number of para-hydroxylation sites is 1. The number of amides is 1. The standard InChI is InChI=1S/C27H33F2N3O/c1-26(2,3)32-15-20(19-9-8-18(28)14-23(19)29)21(16-32)25(33)31-12-10-27(11-13-31)17-30-24-7-5-4-6-22(24)27/h4-9,14,20-21,30H,10-13,15-17H2,1-3H3/t20-,21+/m0/s1. The van der Waals surface area contributed by atoms with E-state index in [9.17, 15) is 13.6 Å². The lowest BCUT2D eigenvalue weighted by atomic mass is 9.74. The van der Waals surface area contributed by atoms with Crippen LogP contribution in [0.25, 0.3) is 0 Å². The summed E-state index contributed by atoms with van der Waals surface area (Å²) >= 11 is 0. The first-order chi connectivity index (χ1) is 15.7. The SMILES string of the molecule is CC(C)(C)N1C[C@@H](C(=O)N2CCC3(CC2)CNc2ccccc23)[C@H](c2ccc(F)cc2F)C1. The minimum absolute atomic E-state index is 0.0863. The Morgan fingerprint density at radius 3 is 2.48 bits per heavy atom. The number of carbonyl (C=O) groups excluding carboxylic acids is 1. The second kappa shape index (κ2) is 8.08. The summed E-state index contributed by atoms with van der Waals surface area (Å²) in [5, 5.41) is 3.54. The first-order valence-electron chi connectivity index (χ1n) is 12.0. The van der Waals surface area contributed by atoms with Gasteiger partial charge in [-0.2, -0.15) is 0 Å². The second-order valence-electron chi connectivity index (χ2n) is 11.0. The van der Waals surface area contributed by atoms with E-state index in [4.69, 9.17) is 0 Å². The van der Waals surface area contributed by atoms with Crippen molar-refractivity contribution in [3.63, 3.8) is 0 Å². The Kier molecular flexibility index (Phi) is 5.47. The lowest BCUT2D eigenvalue weighted by Crippen LogP contribution is -2.49. The van der Waals surface area contributed by atoms with Crippen molar-refractivity contribution in [1.82, 2.24) is 9.80 Å². The van der Waals surface area contributed by atoms with Crippen LogP contribution in [0, 0.1) is 17.6 Å². The van der Waals surface area contributed by atoms with Gasteiger partial charge in [-0.15, -0.1) is 0 Å². The fraction of sp³-hybridized carbons (Fsp3) is 0.519. The molecule has 2 saturated heterocycles. The van der Waals surface area contributed by atoms with E-state index >= 15 is 0 Å². The zero-order valence-electron chi connectivity index (χ0n) is 19.7. The predicted octanol–water partition coefficient (Wildman–Crippen LogP) is 4.76. The number of piperidine rings is 1. The van der Waals surface area contributed by atoms with Gasteiger partial charge in [0.15, 0.2) is 0 Å². The van der Waals surface area contributed by atoms with Gasteiger partial charge in [0, 0.05) is 61.3 Å². The number of hydrogen-bond donors (Lipinski definition) is 1. The summed E-state index contributed by atoms with van der Waals surface area (Å²) in [6, 6.07) is 12.2. The molecule has 2 fully saturated rings. The third-order valence-electron chi connectivity index (χ3n) is 8.10. The van der Waals surface area contributed by atoms with Crippen LogP contribution in [0.3, 0.4) is 0 Å². The molecular weight excluding hydrogens is 420 g/mol. The molecule has 33 heavy (non-hydrogen) atoms. The highest BCUT2D eigenvalue weighted by Crippen LogP contribution is 2.45. The Balaban J connectivity index is 1.36. The zero-order chi connectivity index (χ0) is 23.4. The molecule has 176 valence electrons. The number of halogens is 2. The van der Waals surface area contributed by atoms with E-state index in [0.29, 0.717) is 31.7 Å². The number of hydrogen-bond acceptors (Lipinski definition) is 3. The van der Waals surface area contributed by atoms with Crippen molar-refractivity contribution in [2.24, 2.45) is 5.92 Å². The minimum Gasteiger partial charge on any atom is -0.384 e. The summed E-state index contributed by atoms with van der Waals surface area (Å²) in [7, 11) is 0. The summed E-state index contributed by atoms with van der Waals surface area (Å²) < 4.78 is 28.3. The average molecular weight is 454 g/mol. The quantitative estimate of drug-likeness (QED) is 0.712. The minimum atomic E-state index is -0.586. The molecule has 3 aliphatic heterocycles. The summed E-state index contributed by atoms with van der Waals surface area (Å²) in [4.78, 5) is 18.0. The number of nitrogens with zero attached hydrogens (tertiary/aromatic N) is 2. The van der Waals surface area contributed by atoms with Crippen LogP contribution in [0.1, 0.15) is 50.7 Å². The molecule has 1 amide bonds. The maximum absolute atomic E-state index is 14.8. The molecule has 4 nitrogen and oxygen atoms in total. The molecule has 1 N–H and O–H groups in total. The van der Waals surface area contributed by atoms with Crippen molar-refractivity contribution >= 4 is 11.6 Å². The van der Waals surface area contributed by atoms with Crippen molar-refractivity contribution in [1.29, 1.82) is 0 Å². The molecule has 0 radical (unpaired) electrons. The van der Waals surface area contributed by atoms with Crippen LogP contribution in [-0.4, -0.2) is 54.0 Å². The summed E-state index contributed by atoms with van der Waals surface area (Å²) in [6.45, 7) is 9.87. The molecule has 2 aromatic carbocycles. The van der Waals surface area contributed by atoms with Crippen molar-refractivity contribution in [3.05, 3.63) is 65.2 Å². The van der Waals surface area contributed by atoms with Crippen LogP contribution < -0.4 is 5.32 Å². The summed E-state index contributed by atoms with van der Waals surface area (Å²) in [5.74, 6) is -1.64. The number of fused-ring (bicyclic) bond motifs is 2. The van der Waals surface area contributed by atoms with Gasteiger partial charge >= 0.3 is 0 Å². The maximum Gasteiger partial charge on any atom is 0.227 e. The van der Waals surface area contributed by atoms with Gasteiger partial charge in [0.1, 0.15) is 11.6 Å². The van der Waals surface area contributed by atoms with Crippen molar-refractivity contribution in [2.75, 3.05) is 38.0 Å². The Bertz CT molecular complexity index is 1060. The largest absolute Gasteiger partial charge is 0.384 e. The van der Waals surface area contributed by atoms with Crippen LogP contribution in [-0.2, 0) is 10.2 Å². The third kappa shape index (κ3) is 3.92. The van der Waals surface area contributed by atoms with Crippen LogP contribution in [0.4, 0.5) is 14.5 Å². The lowest BCUT2D eigenvalue weighted by Gasteiger charge is -2.40. The zero-order valence-corrected chi connectivity index (χ0v) is 19.7. The van der Waals surface area contributed by atoms with Crippen LogP contribution >= 0.6 is 0 Å². The molecule has 2 atom stereocenters. The molecule has 0 unspecified atom stereocenters. The highest BCUT2D eigenvalue weighted by Gasteiger charge is 2.47. The van der Waals surface area contributed by atoms with Crippen LogP contribution in [0.5, 0.6) is 0 Å². The lowest BCUT2D eigenvalue weighted by molar-refractivity contribution is -0.137. The smallest absolute Gasteiger partial charge is 0.227 e. The number of likely N-dealkylation sites (tertiary alicyclic amines) is 2. The summed E-state index contributed by atoms with van der Waals surface area (Å²) in [5.41, 5.74) is 2.98. The van der Waals surface area contributed by atoms with Crippen molar-refractivity contribution < 1.29 is 13.6 Å². The van der Waals surface area contributed by atoms with Gasteiger partial charge < -0.3 is 10.2 Å². The van der Waals surface area contributed by atoms with Crippen molar-refractivity contribution in [3.8, 4) is 0 Å². The van der Waals surface area contributed by atoms with Gasteiger partial charge in [0.05, 0.1) is 5.92 Å². The molecule has 0 saturated carbocycles. The first kappa shape index (κ1) is 22.3. The van der Waals surface area contributed by atoms with Gasteiger partial charge in [-0.05, 0) is 56.9 Å². The summed E-state index contributed by atoms with van der Waals surface area (Å²) in [6.07, 6.45) is 1.85. The Morgan fingerprint density at radius 1 is 1.06 bits per heavy atom. The fourth-order valence-electron chi connectivity index (χ4n) is 6.01. The Hall–Kier alpha value is -2.47. The maximum atomic E-state index is 14.8. The number of rotatable bonds is 2. The van der Waals surface area contributed by atoms with E-state index in [1.807, 2.05) is 4.90 Å². The van der Waals surface area contributed by atoms with E-state index in [-0.39, 0.29) is 28.7 Å². The van der Waals surface area contributed by atoms with E-state index in [0.717, 1.165) is 25.5 Å². The monoisotopic (exact) mass is 453 g/mol. The molecule has 5 rings (SSSR count). The highest BCUT2D eigenvalue weighted by atomic mass is 19.1. The molecule has 2 aromatic rings. The van der Waals surface area contributed by atoms with Gasteiger partial charge in [0.2, 0.25) is 5.91 Å². The van der Waals surface area contributed by atoms with Gasteiger partial charge in [-0.3, -0.25) is 9.69 Å². The van der Waals surface area contributed by atoms with Gasteiger partial charge in [0.25, 0.3) is 0 Å². The third-order valence-corrected chi connectivity index (χ3v) is 8.10. The molecule has 1 spiro atoms. The number of nitrogens with one attached hydrogen (secondary N) is 1. The highest BCUT2D eigenvalue weighted by molar-refractivity contribution is 5.81. The molecule has 6 heteroatoms. The van der Waals surface area contributed by atoms with Gasteiger partial charge in [-0.1, -0.05) is 24.3 Å². The number of carbonyl (C=O) groups is 1. The first-order valence-corrected chi connectivity index (χ1v) is 12.0. The van der Waals surface area contributed by atoms with E-state index in [1.54, 1.807) is 0 Å². The number of benzene rings is 2.